The second kappa shape index (κ2) is 19.2. The van der Waals surface area contributed by atoms with E-state index in [1.54, 1.807) is 0 Å². The van der Waals surface area contributed by atoms with Gasteiger partial charge in [-0.2, -0.15) is 0 Å². The van der Waals surface area contributed by atoms with Crippen LogP contribution in [0.1, 0.15) is 90.9 Å². The van der Waals surface area contributed by atoms with E-state index in [2.05, 4.69) is 12.2 Å². The third kappa shape index (κ3) is 20.5. The minimum atomic E-state index is -0.211. The van der Waals surface area contributed by atoms with E-state index >= 15 is 0 Å². The minimum Gasteiger partial charge on any atom is -0.392 e. The fourth-order valence-electron chi connectivity index (χ4n) is 2.40. The maximum atomic E-state index is 9.08. The molecule has 0 aliphatic carbocycles. The van der Waals surface area contributed by atoms with E-state index in [-0.39, 0.29) is 18.5 Å². The molecule has 0 bridgehead atoms. The first kappa shape index (κ1) is 22.5. The third-order valence-corrected chi connectivity index (χ3v) is 3.65. The number of aliphatic hydroxyl groups excluding tert-OH is 1. The molecule has 0 saturated heterocycles. The van der Waals surface area contributed by atoms with Gasteiger partial charge in [0.25, 0.3) is 0 Å². The summed E-state index contributed by atoms with van der Waals surface area (Å²) < 4.78 is 0. The van der Waals surface area contributed by atoms with Crippen molar-refractivity contribution < 1.29 is 5.11 Å². The fourth-order valence-corrected chi connectivity index (χ4v) is 2.40. The van der Waals surface area contributed by atoms with E-state index < -0.39 is 0 Å². The van der Waals surface area contributed by atoms with Crippen molar-refractivity contribution in [3.05, 3.63) is 0 Å². The summed E-state index contributed by atoms with van der Waals surface area (Å²) >= 11 is 0. The summed E-state index contributed by atoms with van der Waals surface area (Å²) in [4.78, 5) is 0. The molecule has 2 nitrogen and oxygen atoms in total. The van der Waals surface area contributed by atoms with Crippen molar-refractivity contribution in [2.45, 2.75) is 97.0 Å². The molecule has 0 heterocycles. The topological polar surface area (TPSA) is 32.3 Å². The molecule has 0 aromatic heterocycles. The van der Waals surface area contributed by atoms with Gasteiger partial charge in [0.05, 0.1) is 6.10 Å². The molecule has 0 aromatic rings. The van der Waals surface area contributed by atoms with E-state index in [4.69, 9.17) is 5.11 Å². The molecule has 0 rings (SSSR count). The van der Waals surface area contributed by atoms with Crippen LogP contribution in [0.25, 0.3) is 0 Å². The minimum absolute atomic E-state index is 0. The largest absolute Gasteiger partial charge is 0.392 e. The number of hydrogen-bond donors (Lipinski definition) is 2. The Hall–Kier alpha value is 0.210. The zero-order valence-corrected chi connectivity index (χ0v) is 14.6. The Morgan fingerprint density at radius 1 is 0.750 bits per heavy atom. The lowest BCUT2D eigenvalue weighted by atomic mass is 10.1. The highest BCUT2D eigenvalue weighted by Gasteiger charge is 1.95. The first-order valence-corrected chi connectivity index (χ1v) is 8.66. The second-order valence-corrected chi connectivity index (χ2v) is 5.94. The van der Waals surface area contributed by atoms with Crippen LogP contribution in [0.5, 0.6) is 0 Å². The lowest BCUT2D eigenvalue weighted by Crippen LogP contribution is -2.25. The maximum Gasteiger partial charge on any atom is 0.0636 e. The summed E-state index contributed by atoms with van der Waals surface area (Å²) in [6.45, 7) is 5.90. The highest BCUT2D eigenvalue weighted by atomic mass is 35.5. The zero-order valence-electron chi connectivity index (χ0n) is 13.8. The van der Waals surface area contributed by atoms with Gasteiger partial charge in [0.2, 0.25) is 0 Å². The van der Waals surface area contributed by atoms with Crippen LogP contribution in [0.4, 0.5) is 0 Å². The highest BCUT2D eigenvalue weighted by molar-refractivity contribution is 5.85. The molecule has 0 aliphatic heterocycles. The van der Waals surface area contributed by atoms with E-state index in [0.717, 1.165) is 13.1 Å². The van der Waals surface area contributed by atoms with Crippen molar-refractivity contribution in [2.24, 2.45) is 0 Å². The molecule has 0 aromatic carbocycles. The van der Waals surface area contributed by atoms with Gasteiger partial charge < -0.3 is 10.4 Å². The van der Waals surface area contributed by atoms with Gasteiger partial charge in [-0.3, -0.25) is 0 Å². The van der Waals surface area contributed by atoms with Crippen LogP contribution in [0, 0.1) is 0 Å². The number of nitrogens with one attached hydrogen (secondary N) is 1. The van der Waals surface area contributed by atoms with Crippen LogP contribution in [0.15, 0.2) is 0 Å². The van der Waals surface area contributed by atoms with E-state index in [0.29, 0.717) is 0 Å². The van der Waals surface area contributed by atoms with Crippen molar-refractivity contribution in [3.8, 4) is 0 Å². The van der Waals surface area contributed by atoms with Gasteiger partial charge in [0, 0.05) is 6.54 Å². The summed E-state index contributed by atoms with van der Waals surface area (Å²) in [6, 6.07) is 0. The molecule has 0 aliphatic rings. The van der Waals surface area contributed by atoms with Crippen molar-refractivity contribution in [3.63, 3.8) is 0 Å². The number of rotatable bonds is 15. The molecule has 0 spiro atoms. The SMILES string of the molecule is CCCCCCCCCCCCCCNCC(C)O.Cl. The average Bonchev–Trinajstić information content (AvgIpc) is 2.39. The predicted molar refractivity (Wildman–Crippen MR) is 92.9 cm³/mol. The summed E-state index contributed by atoms with van der Waals surface area (Å²) in [7, 11) is 0. The van der Waals surface area contributed by atoms with E-state index in [1.165, 1.54) is 77.0 Å². The molecule has 0 saturated carbocycles. The number of halogens is 1. The second-order valence-electron chi connectivity index (χ2n) is 5.94. The molecule has 1 atom stereocenters. The maximum absolute atomic E-state index is 9.08. The quantitative estimate of drug-likeness (QED) is 0.413. The van der Waals surface area contributed by atoms with Crippen LogP contribution in [-0.2, 0) is 0 Å². The smallest absolute Gasteiger partial charge is 0.0636 e. The van der Waals surface area contributed by atoms with Crippen LogP contribution in [0.2, 0.25) is 0 Å². The molecule has 20 heavy (non-hydrogen) atoms. The summed E-state index contributed by atoms with van der Waals surface area (Å²) in [5, 5.41) is 12.4. The molecule has 1 unspecified atom stereocenters. The van der Waals surface area contributed by atoms with Gasteiger partial charge in [-0.25, -0.2) is 0 Å². The summed E-state index contributed by atoms with van der Waals surface area (Å²) in [5.74, 6) is 0. The first-order valence-electron chi connectivity index (χ1n) is 8.66. The predicted octanol–water partition coefficient (Wildman–Crippen LogP) is 5.08. The number of hydrogen-bond acceptors (Lipinski definition) is 2. The highest BCUT2D eigenvalue weighted by Crippen LogP contribution is 2.11. The summed E-state index contributed by atoms with van der Waals surface area (Å²) in [5.41, 5.74) is 0. The van der Waals surface area contributed by atoms with E-state index in [9.17, 15) is 0 Å². The Morgan fingerprint density at radius 2 is 1.15 bits per heavy atom. The van der Waals surface area contributed by atoms with Crippen molar-refractivity contribution in [1.82, 2.24) is 5.32 Å². The summed E-state index contributed by atoms with van der Waals surface area (Å²) in [6.07, 6.45) is 16.6. The first-order chi connectivity index (χ1) is 9.27. The number of aliphatic hydroxyl groups is 1. The Bertz CT molecular complexity index is 165. The molecular formula is C17H38ClNO. The van der Waals surface area contributed by atoms with Gasteiger partial charge in [-0.05, 0) is 19.9 Å². The van der Waals surface area contributed by atoms with Crippen molar-refractivity contribution in [1.29, 1.82) is 0 Å². The van der Waals surface area contributed by atoms with Crippen LogP contribution in [-0.4, -0.2) is 24.3 Å². The molecule has 3 heteroatoms. The van der Waals surface area contributed by atoms with Crippen molar-refractivity contribution >= 4 is 12.4 Å². The van der Waals surface area contributed by atoms with Gasteiger partial charge >= 0.3 is 0 Å². The van der Waals surface area contributed by atoms with Gasteiger partial charge in [-0.15, -0.1) is 12.4 Å². The van der Waals surface area contributed by atoms with Gasteiger partial charge in [0.1, 0.15) is 0 Å². The Balaban J connectivity index is 0. The molecule has 2 N–H and O–H groups in total. The van der Waals surface area contributed by atoms with Crippen LogP contribution < -0.4 is 5.32 Å². The van der Waals surface area contributed by atoms with Crippen molar-refractivity contribution in [2.75, 3.05) is 13.1 Å². The Kier molecular flexibility index (Phi) is 21.6. The normalized spacial score (nSPS) is 12.2. The molecular weight excluding hydrogens is 270 g/mol. The lowest BCUT2D eigenvalue weighted by molar-refractivity contribution is 0.191. The van der Waals surface area contributed by atoms with E-state index in [1.807, 2.05) is 6.92 Å². The zero-order chi connectivity index (χ0) is 14.2. The Morgan fingerprint density at radius 3 is 1.55 bits per heavy atom. The monoisotopic (exact) mass is 307 g/mol. The standard InChI is InChI=1S/C17H37NO.ClH/c1-3-4-5-6-7-8-9-10-11-12-13-14-15-18-16-17(2)19;/h17-19H,3-16H2,1-2H3;1H. The third-order valence-electron chi connectivity index (χ3n) is 3.65. The fraction of sp³-hybridized carbons (Fsp3) is 1.00. The van der Waals surface area contributed by atoms with Gasteiger partial charge in [-0.1, -0.05) is 77.6 Å². The molecule has 124 valence electrons. The lowest BCUT2D eigenvalue weighted by Gasteiger charge is -2.06. The molecule has 0 amide bonds. The number of unbranched alkanes of at least 4 members (excludes halogenated alkanes) is 11. The molecule has 0 radical (unpaired) electrons. The van der Waals surface area contributed by atoms with Crippen LogP contribution >= 0.6 is 12.4 Å². The van der Waals surface area contributed by atoms with Gasteiger partial charge in [0.15, 0.2) is 0 Å². The van der Waals surface area contributed by atoms with Crippen LogP contribution in [0.3, 0.4) is 0 Å². The Labute approximate surface area is 133 Å². The average molecular weight is 308 g/mol. The molecule has 0 fully saturated rings.